The van der Waals surface area contributed by atoms with Crippen molar-refractivity contribution in [3.8, 4) is 0 Å². The smallest absolute Gasteiger partial charge is 0.326 e. The topological polar surface area (TPSA) is 610 Å². The molecule has 11 atom stereocenters. The van der Waals surface area contributed by atoms with E-state index in [-0.39, 0.29) is 121 Å². The predicted octanol–water partition coefficient (Wildman–Crippen LogP) is 0.0735. The minimum atomic E-state index is -1.51. The highest BCUT2D eigenvalue weighted by Gasteiger charge is 2.38. The standard InChI is InChI=1S/C75H114N24O11/c1-5-43(4)62(71(108)98-60(37-45-40-89-52-24-10-7-20-48(45)52)69(106)95-58(35-42(2)3)67(104)97-59(36-44-39-88-51-23-9-6-19-47(44)51)68(105)94-57(72(109)110)27-13-15-31-77)99-70(107)61(38-46-41-90-53-25-11-8-21-49(46)53)96-66(103)56(29-18-34-87-75(83)84)93-65(102)55(28-17-33-86-74(81)82)92-64(101)54(26-12-14-30-76)91-63(100)50(78)22-16-32-85-73(79)80/h6-11,19-21,23-25,39-43,50,54-62,88-90H,5,12-18,22,26-38,76-78H2,1-4H3,(H,91,100)(H,92,101)(H,93,102)(H,94,105)(H,95,106)(H,96,103)(H,97,104)(H,98,108)(H,99,107)(H,109,110)(H4,79,80,85)(H4,81,82,86)(H4,83,84,87)/t43-,50-,54-,55-,56-,57-,58-,59-,60-,61-,62-/m0/s1. The number of hydrogen-bond acceptors (Lipinski definition) is 16. The van der Waals surface area contributed by atoms with E-state index in [0.717, 1.165) is 21.8 Å². The van der Waals surface area contributed by atoms with Crippen molar-refractivity contribution in [1.29, 1.82) is 16.2 Å². The van der Waals surface area contributed by atoms with Gasteiger partial charge in [-0.05, 0) is 143 Å². The van der Waals surface area contributed by atoms with Gasteiger partial charge in [0.1, 0.15) is 54.4 Å². The van der Waals surface area contributed by atoms with E-state index in [4.69, 9.17) is 50.6 Å². The van der Waals surface area contributed by atoms with Crippen molar-refractivity contribution >= 4 is 110 Å². The van der Waals surface area contributed by atoms with E-state index in [1.54, 1.807) is 38.5 Å². The molecule has 0 fully saturated rings. The van der Waals surface area contributed by atoms with Gasteiger partial charge in [-0.15, -0.1) is 0 Å². The summed E-state index contributed by atoms with van der Waals surface area (Å²) >= 11 is 0. The van der Waals surface area contributed by atoms with E-state index in [1.165, 1.54) is 0 Å². The number of aliphatic carboxylic acids is 1. The quantitative estimate of drug-likeness (QED) is 0.0137. The summed E-state index contributed by atoms with van der Waals surface area (Å²) in [5.74, 6) is -10.4. The van der Waals surface area contributed by atoms with Gasteiger partial charge in [-0.3, -0.25) is 59.4 Å². The molecule has 0 aliphatic heterocycles. The summed E-state index contributed by atoms with van der Waals surface area (Å²) in [6, 6.07) is 8.33. The maximum absolute atomic E-state index is 15.5. The van der Waals surface area contributed by atoms with Gasteiger partial charge in [0.15, 0.2) is 17.9 Å². The van der Waals surface area contributed by atoms with Gasteiger partial charge in [-0.25, -0.2) is 4.79 Å². The van der Waals surface area contributed by atoms with Crippen LogP contribution in [0.3, 0.4) is 0 Å². The summed E-state index contributed by atoms with van der Waals surface area (Å²) in [4.78, 5) is 156. The molecular formula is C75H114N24O11. The number of carbonyl (C=O) groups excluding carboxylic acids is 9. The first kappa shape index (κ1) is 87.6. The minimum absolute atomic E-state index is 0.0357. The first-order chi connectivity index (χ1) is 52.6. The summed E-state index contributed by atoms with van der Waals surface area (Å²) in [5.41, 5.74) is 38.4. The Morgan fingerprint density at radius 1 is 0.400 bits per heavy atom. The summed E-state index contributed by atoms with van der Waals surface area (Å²) in [5, 5.41) is 68.6. The minimum Gasteiger partial charge on any atom is -0.480 e. The number of H-pyrrole nitrogens is 3. The number of nitrogens with one attached hydrogen (secondary N) is 18. The molecule has 110 heavy (non-hydrogen) atoms. The van der Waals surface area contributed by atoms with Gasteiger partial charge in [0.05, 0.1) is 6.04 Å². The van der Waals surface area contributed by atoms with Crippen LogP contribution in [0.4, 0.5) is 0 Å². The van der Waals surface area contributed by atoms with Gasteiger partial charge in [0, 0.05) is 90.2 Å². The van der Waals surface area contributed by atoms with Crippen molar-refractivity contribution in [3.05, 3.63) is 108 Å². The number of guanidine groups is 3. The Balaban J connectivity index is 1.33. The van der Waals surface area contributed by atoms with Crippen molar-refractivity contribution < 1.29 is 53.1 Å². The number of benzene rings is 3. The fourth-order valence-electron chi connectivity index (χ4n) is 12.8. The molecule has 0 spiro atoms. The number of rotatable bonds is 49. The van der Waals surface area contributed by atoms with Crippen molar-refractivity contribution in [2.75, 3.05) is 32.7 Å². The molecule has 0 saturated carbocycles. The maximum Gasteiger partial charge on any atom is 0.326 e. The molecule has 9 amide bonds. The molecule has 0 aliphatic carbocycles. The third-order valence-corrected chi connectivity index (χ3v) is 19.1. The van der Waals surface area contributed by atoms with Crippen LogP contribution in [0, 0.1) is 28.1 Å². The average Bonchev–Trinajstić information content (AvgIpc) is 1.65. The Labute approximate surface area is 639 Å². The molecule has 35 heteroatoms. The Kier molecular flexibility index (Phi) is 35.7. The fraction of sp³-hybridized carbons (Fsp3) is 0.507. The summed E-state index contributed by atoms with van der Waals surface area (Å²) in [6.07, 6.45) is 7.48. The number of fused-ring (bicyclic) bond motifs is 3. The Hall–Kier alpha value is -11.3. The third-order valence-electron chi connectivity index (χ3n) is 19.1. The first-order valence-electron chi connectivity index (χ1n) is 37.6. The summed E-state index contributed by atoms with van der Waals surface area (Å²) < 4.78 is 0. The lowest BCUT2D eigenvalue weighted by Gasteiger charge is -2.30. The lowest BCUT2D eigenvalue weighted by Crippen LogP contribution is -2.62. The molecular weight excluding hydrogens is 1410 g/mol. The third kappa shape index (κ3) is 28.0. The van der Waals surface area contributed by atoms with Crippen LogP contribution in [0.25, 0.3) is 32.7 Å². The second-order valence-electron chi connectivity index (χ2n) is 28.1. The Bertz CT molecular complexity index is 4080. The number of aromatic amines is 3. The van der Waals surface area contributed by atoms with Crippen LogP contribution in [0.5, 0.6) is 0 Å². The number of aromatic nitrogens is 3. The first-order valence-corrected chi connectivity index (χ1v) is 37.6. The zero-order valence-electron chi connectivity index (χ0n) is 63.1. The normalized spacial score (nSPS) is 14.3. The highest BCUT2D eigenvalue weighted by atomic mass is 16.4. The van der Waals surface area contributed by atoms with Crippen molar-refractivity contribution in [1.82, 2.24) is 78.8 Å². The van der Waals surface area contributed by atoms with E-state index in [0.29, 0.717) is 72.7 Å². The molecule has 0 saturated heterocycles. The van der Waals surface area contributed by atoms with Gasteiger partial charge in [-0.1, -0.05) is 88.7 Å². The molecule has 0 radical (unpaired) electrons. The van der Waals surface area contributed by atoms with Gasteiger partial charge >= 0.3 is 5.97 Å². The van der Waals surface area contributed by atoms with Crippen LogP contribution in [0.15, 0.2) is 91.4 Å². The Morgan fingerprint density at radius 2 is 0.709 bits per heavy atom. The largest absolute Gasteiger partial charge is 0.480 e. The van der Waals surface area contributed by atoms with E-state index >= 15 is 19.2 Å². The van der Waals surface area contributed by atoms with Crippen molar-refractivity contribution in [3.63, 3.8) is 0 Å². The van der Waals surface area contributed by atoms with E-state index in [9.17, 15) is 33.9 Å². The van der Waals surface area contributed by atoms with Crippen LogP contribution < -0.4 is 98.2 Å². The molecule has 0 bridgehead atoms. The fourth-order valence-corrected chi connectivity index (χ4v) is 12.8. The number of carbonyl (C=O) groups is 10. The van der Waals surface area contributed by atoms with E-state index < -0.39 is 125 Å². The molecule has 3 aromatic heterocycles. The lowest BCUT2D eigenvalue weighted by atomic mass is 9.95. The molecule has 31 N–H and O–H groups in total. The number of unbranched alkanes of at least 4 members (excludes halogenated alkanes) is 2. The average molecular weight is 1530 g/mol. The molecule has 3 heterocycles. The van der Waals surface area contributed by atoms with Crippen molar-refractivity contribution in [2.24, 2.45) is 46.2 Å². The highest BCUT2D eigenvalue weighted by molar-refractivity contribution is 6.00. The second kappa shape index (κ2) is 44.8. The summed E-state index contributed by atoms with van der Waals surface area (Å²) in [6.45, 7) is 8.16. The van der Waals surface area contributed by atoms with Crippen molar-refractivity contribution in [2.45, 2.75) is 197 Å². The van der Waals surface area contributed by atoms with Crippen LogP contribution in [-0.4, -0.2) is 190 Å². The number of amides is 9. The molecule has 0 unspecified atom stereocenters. The molecule has 3 aromatic carbocycles. The van der Waals surface area contributed by atoms with Crippen LogP contribution in [-0.2, 0) is 67.2 Å². The molecule has 600 valence electrons. The number of carboxylic acid groups (broad SMARTS) is 1. The van der Waals surface area contributed by atoms with E-state index in [2.05, 4.69) is 78.8 Å². The number of nitrogens with two attached hydrogens (primary N) is 6. The maximum atomic E-state index is 15.5. The van der Waals surface area contributed by atoms with Crippen LogP contribution >= 0.6 is 0 Å². The zero-order valence-corrected chi connectivity index (χ0v) is 63.1. The van der Waals surface area contributed by atoms with Gasteiger partial charge in [-0.2, -0.15) is 0 Å². The number of hydrogen-bond donors (Lipinski definition) is 25. The summed E-state index contributed by atoms with van der Waals surface area (Å²) in [7, 11) is 0. The van der Waals surface area contributed by atoms with Gasteiger partial charge in [0.2, 0.25) is 53.2 Å². The molecule has 6 aromatic rings. The lowest BCUT2D eigenvalue weighted by molar-refractivity contribution is -0.142. The van der Waals surface area contributed by atoms with Gasteiger partial charge < -0.3 is 118 Å². The molecule has 0 aliphatic rings. The predicted molar refractivity (Wildman–Crippen MR) is 421 cm³/mol. The Morgan fingerprint density at radius 3 is 1.08 bits per heavy atom. The monoisotopic (exact) mass is 1530 g/mol. The SMILES string of the molecule is CC[C@H](C)[C@H](NC(=O)[C@H](Cc1c[nH]c2ccccc12)NC(=O)[C@H](CCCNC(=N)N)NC(=O)[C@H](CCCNC(=N)N)NC(=O)[C@H](CCCCN)NC(=O)[C@@H](N)CCCNC(=N)N)C(=O)N[C@@H](Cc1c[nH]c2ccccc12)C(=O)N[C@@H](CC(C)C)C(=O)N[C@@H](Cc1c[nH]c2ccccc12)C(=O)N[C@@H](CCCCN)C(=O)O. The number of para-hydroxylation sites is 3. The van der Waals surface area contributed by atoms with Gasteiger partial charge in [0.25, 0.3) is 0 Å². The zero-order chi connectivity index (χ0) is 80.4. The van der Waals surface area contributed by atoms with E-state index in [1.807, 2.05) is 80.6 Å². The number of carboxylic acids is 1. The van der Waals surface area contributed by atoms with Crippen LogP contribution in [0.1, 0.15) is 134 Å². The molecule has 35 nitrogen and oxygen atoms in total. The second-order valence-corrected chi connectivity index (χ2v) is 28.1. The highest BCUT2D eigenvalue weighted by Crippen LogP contribution is 2.24. The molecule has 6 rings (SSSR count). The van der Waals surface area contributed by atoms with Crippen LogP contribution in [0.2, 0.25) is 0 Å².